The Bertz CT molecular complexity index is 771. The molecule has 2 N–H and O–H groups in total. The van der Waals surface area contributed by atoms with Gasteiger partial charge in [-0.1, -0.05) is 12.8 Å². The topological polar surface area (TPSA) is 97.0 Å². The van der Waals surface area contributed by atoms with E-state index < -0.39 is 11.8 Å². The standard InChI is InChI=1S/C20H25N3O5/c24-18(21-13-3-1-2-4-13)12-23(15-6-7-15)20(26)19(25)22-14-5-8-16-17(11-14)28-10-9-27-16/h5,8,11,13,15H,1-4,6-7,9-10,12H2,(H,21,24)(H,22,25). The molecule has 8 nitrogen and oxygen atoms in total. The fourth-order valence-electron chi connectivity index (χ4n) is 3.69. The molecule has 0 radical (unpaired) electrons. The van der Waals surface area contributed by atoms with E-state index in [2.05, 4.69) is 10.6 Å². The number of benzene rings is 1. The Morgan fingerprint density at radius 2 is 1.71 bits per heavy atom. The molecule has 28 heavy (non-hydrogen) atoms. The minimum absolute atomic E-state index is 0.0344. The highest BCUT2D eigenvalue weighted by molar-refractivity contribution is 6.39. The van der Waals surface area contributed by atoms with Crippen LogP contribution in [0.4, 0.5) is 5.69 Å². The second kappa shape index (κ2) is 8.08. The summed E-state index contributed by atoms with van der Waals surface area (Å²) in [4.78, 5) is 38.8. The van der Waals surface area contributed by atoms with Gasteiger partial charge in [-0.05, 0) is 37.8 Å². The van der Waals surface area contributed by atoms with E-state index in [1.165, 1.54) is 4.90 Å². The molecule has 0 bridgehead atoms. The van der Waals surface area contributed by atoms with Crippen molar-refractivity contribution in [3.63, 3.8) is 0 Å². The van der Waals surface area contributed by atoms with Crippen molar-refractivity contribution in [1.82, 2.24) is 10.2 Å². The number of carbonyl (C=O) groups excluding carboxylic acids is 3. The molecule has 1 heterocycles. The Hall–Kier alpha value is -2.77. The van der Waals surface area contributed by atoms with Crippen molar-refractivity contribution >= 4 is 23.4 Å². The molecule has 0 atom stereocenters. The predicted octanol–water partition coefficient (Wildman–Crippen LogP) is 1.45. The summed E-state index contributed by atoms with van der Waals surface area (Å²) in [5, 5.41) is 5.58. The van der Waals surface area contributed by atoms with Gasteiger partial charge in [0.15, 0.2) is 11.5 Å². The smallest absolute Gasteiger partial charge is 0.313 e. The molecule has 0 spiro atoms. The first kappa shape index (κ1) is 18.6. The fourth-order valence-corrected chi connectivity index (χ4v) is 3.69. The van der Waals surface area contributed by atoms with Gasteiger partial charge >= 0.3 is 11.8 Å². The second-order valence-electron chi connectivity index (χ2n) is 7.53. The maximum absolute atomic E-state index is 12.7. The Morgan fingerprint density at radius 1 is 1.00 bits per heavy atom. The average Bonchev–Trinajstić information content (AvgIpc) is 3.42. The monoisotopic (exact) mass is 387 g/mol. The van der Waals surface area contributed by atoms with Gasteiger partial charge in [-0.3, -0.25) is 14.4 Å². The zero-order valence-electron chi connectivity index (χ0n) is 15.7. The predicted molar refractivity (Wildman–Crippen MR) is 101 cm³/mol. The van der Waals surface area contributed by atoms with Crippen LogP contribution < -0.4 is 20.1 Å². The van der Waals surface area contributed by atoms with Crippen LogP contribution in [0.3, 0.4) is 0 Å². The first-order chi connectivity index (χ1) is 13.6. The van der Waals surface area contributed by atoms with Crippen molar-refractivity contribution in [2.75, 3.05) is 25.1 Å². The number of rotatable bonds is 5. The summed E-state index contributed by atoms with van der Waals surface area (Å²) < 4.78 is 10.9. The van der Waals surface area contributed by atoms with Crippen molar-refractivity contribution in [3.8, 4) is 11.5 Å². The van der Waals surface area contributed by atoms with Gasteiger partial charge in [0, 0.05) is 23.8 Å². The van der Waals surface area contributed by atoms with Crippen molar-refractivity contribution in [2.24, 2.45) is 0 Å². The average molecular weight is 387 g/mol. The molecular weight excluding hydrogens is 362 g/mol. The van der Waals surface area contributed by atoms with E-state index in [1.54, 1.807) is 18.2 Å². The summed E-state index contributed by atoms with van der Waals surface area (Å²) in [5.41, 5.74) is 0.453. The Labute approximate surface area is 163 Å². The first-order valence-corrected chi connectivity index (χ1v) is 9.91. The van der Waals surface area contributed by atoms with Gasteiger partial charge in [0.2, 0.25) is 5.91 Å². The van der Waals surface area contributed by atoms with Crippen molar-refractivity contribution in [2.45, 2.75) is 50.6 Å². The largest absolute Gasteiger partial charge is 0.486 e. The zero-order chi connectivity index (χ0) is 19.5. The SMILES string of the molecule is O=C(CN(C(=O)C(=O)Nc1ccc2c(c1)OCCO2)C1CC1)NC1CCCC1. The summed E-state index contributed by atoms with van der Waals surface area (Å²) >= 11 is 0. The normalized spacial score (nSPS) is 18.4. The van der Waals surface area contributed by atoms with Crippen LogP contribution in [0.25, 0.3) is 0 Å². The highest BCUT2D eigenvalue weighted by atomic mass is 16.6. The number of nitrogens with one attached hydrogen (secondary N) is 2. The van der Waals surface area contributed by atoms with Gasteiger partial charge in [0.25, 0.3) is 0 Å². The van der Waals surface area contributed by atoms with Crippen molar-refractivity contribution in [3.05, 3.63) is 18.2 Å². The summed E-state index contributed by atoms with van der Waals surface area (Å²) in [6, 6.07) is 5.14. The van der Waals surface area contributed by atoms with Crippen LogP contribution >= 0.6 is 0 Å². The Morgan fingerprint density at radius 3 is 2.43 bits per heavy atom. The number of carbonyl (C=O) groups is 3. The number of ether oxygens (including phenoxy) is 2. The van der Waals surface area contributed by atoms with E-state index >= 15 is 0 Å². The van der Waals surface area contributed by atoms with E-state index in [-0.39, 0.29) is 24.5 Å². The van der Waals surface area contributed by atoms with Crippen LogP contribution in [-0.4, -0.2) is 54.5 Å². The number of amides is 3. The van der Waals surface area contributed by atoms with Gasteiger partial charge in [-0.15, -0.1) is 0 Å². The molecule has 0 saturated heterocycles. The summed E-state index contributed by atoms with van der Waals surface area (Å²) in [7, 11) is 0. The highest BCUT2D eigenvalue weighted by Crippen LogP contribution is 2.33. The van der Waals surface area contributed by atoms with Crippen LogP contribution in [0.2, 0.25) is 0 Å². The number of hydrogen-bond acceptors (Lipinski definition) is 5. The summed E-state index contributed by atoms with van der Waals surface area (Å²) in [6.07, 6.45) is 5.84. The molecular formula is C20H25N3O5. The lowest BCUT2D eigenvalue weighted by Crippen LogP contribution is -2.47. The third-order valence-corrected chi connectivity index (χ3v) is 5.28. The number of anilines is 1. The molecule has 0 unspecified atom stereocenters. The second-order valence-corrected chi connectivity index (χ2v) is 7.53. The first-order valence-electron chi connectivity index (χ1n) is 9.91. The fraction of sp³-hybridized carbons (Fsp3) is 0.550. The Balaban J connectivity index is 1.36. The molecule has 2 fully saturated rings. The van der Waals surface area contributed by atoms with Gasteiger partial charge in [0.05, 0.1) is 0 Å². The zero-order valence-corrected chi connectivity index (χ0v) is 15.7. The third-order valence-electron chi connectivity index (χ3n) is 5.28. The molecule has 2 aliphatic carbocycles. The number of nitrogens with zero attached hydrogens (tertiary/aromatic N) is 1. The minimum Gasteiger partial charge on any atom is -0.486 e. The maximum atomic E-state index is 12.7. The van der Waals surface area contributed by atoms with Gasteiger partial charge in [-0.25, -0.2) is 0 Å². The molecule has 8 heteroatoms. The van der Waals surface area contributed by atoms with E-state index in [9.17, 15) is 14.4 Å². The molecule has 3 amide bonds. The van der Waals surface area contributed by atoms with Crippen LogP contribution in [0.5, 0.6) is 11.5 Å². The molecule has 150 valence electrons. The van der Waals surface area contributed by atoms with Gasteiger partial charge < -0.3 is 25.0 Å². The van der Waals surface area contributed by atoms with Crippen LogP contribution in [-0.2, 0) is 14.4 Å². The molecule has 1 aliphatic heterocycles. The van der Waals surface area contributed by atoms with Crippen LogP contribution in [0.1, 0.15) is 38.5 Å². The minimum atomic E-state index is -0.753. The number of fused-ring (bicyclic) bond motifs is 1. The van der Waals surface area contributed by atoms with E-state index in [1.807, 2.05) is 0 Å². The Kier molecular flexibility index (Phi) is 5.36. The molecule has 2 saturated carbocycles. The lowest BCUT2D eigenvalue weighted by atomic mass is 10.2. The lowest BCUT2D eigenvalue weighted by Gasteiger charge is -2.23. The molecule has 1 aromatic rings. The molecule has 0 aromatic heterocycles. The van der Waals surface area contributed by atoms with E-state index in [0.29, 0.717) is 30.4 Å². The number of hydrogen-bond donors (Lipinski definition) is 2. The highest BCUT2D eigenvalue weighted by Gasteiger charge is 2.37. The van der Waals surface area contributed by atoms with Crippen LogP contribution in [0, 0.1) is 0 Å². The lowest BCUT2D eigenvalue weighted by molar-refractivity contribution is -0.145. The van der Waals surface area contributed by atoms with Gasteiger partial charge in [0.1, 0.15) is 19.8 Å². The summed E-state index contributed by atoms with van der Waals surface area (Å²) in [5.74, 6) is -0.485. The van der Waals surface area contributed by atoms with Crippen molar-refractivity contribution < 1.29 is 23.9 Å². The molecule has 1 aromatic carbocycles. The van der Waals surface area contributed by atoms with E-state index in [4.69, 9.17) is 9.47 Å². The third kappa shape index (κ3) is 4.37. The summed E-state index contributed by atoms with van der Waals surface area (Å²) in [6.45, 7) is 0.847. The maximum Gasteiger partial charge on any atom is 0.313 e. The van der Waals surface area contributed by atoms with Crippen molar-refractivity contribution in [1.29, 1.82) is 0 Å². The van der Waals surface area contributed by atoms with Gasteiger partial charge in [-0.2, -0.15) is 0 Å². The molecule has 4 rings (SSSR count). The van der Waals surface area contributed by atoms with Crippen LogP contribution in [0.15, 0.2) is 18.2 Å². The molecule has 3 aliphatic rings. The quantitative estimate of drug-likeness (QED) is 0.746. The van der Waals surface area contributed by atoms with E-state index in [0.717, 1.165) is 38.5 Å².